The van der Waals surface area contributed by atoms with Gasteiger partial charge in [-0.3, -0.25) is 4.72 Å². The van der Waals surface area contributed by atoms with Crippen LogP contribution in [0.2, 0.25) is 0 Å². The number of carboxylic acids is 2. The Balaban J connectivity index is 0.000000540. The third kappa shape index (κ3) is 7.07. The highest BCUT2D eigenvalue weighted by atomic mass is 32.2. The molecule has 3 rings (SSSR count). The molecule has 35 heavy (non-hydrogen) atoms. The van der Waals surface area contributed by atoms with Crippen molar-refractivity contribution in [3.05, 3.63) is 72.0 Å². The average molecular weight is 517 g/mol. The highest BCUT2D eigenvalue weighted by Crippen LogP contribution is 2.32. The van der Waals surface area contributed by atoms with E-state index in [9.17, 15) is 41.0 Å². The van der Waals surface area contributed by atoms with Crippen molar-refractivity contribution < 1.29 is 56.0 Å². The normalized spacial score (nSPS) is 11.2. The minimum atomic E-state index is -5.08. The molecule has 3 aromatic carbocycles. The maximum Gasteiger partial charge on any atom is 0.490 e. The molecule has 0 aliphatic rings. The van der Waals surface area contributed by atoms with Gasteiger partial charge in [-0.2, -0.15) is 13.2 Å². The molecule has 0 aromatic heterocycles. The van der Waals surface area contributed by atoms with Crippen molar-refractivity contribution in [2.45, 2.75) is 11.1 Å². The van der Waals surface area contributed by atoms with Crippen LogP contribution in [0.1, 0.15) is 10.4 Å². The molecule has 0 atom stereocenters. The third-order valence-corrected chi connectivity index (χ3v) is 5.52. The quantitative estimate of drug-likeness (QED) is 0.317. The predicted molar refractivity (Wildman–Crippen MR) is 113 cm³/mol. The number of aromatic carboxylic acids is 1. The van der Waals surface area contributed by atoms with E-state index in [2.05, 4.69) is 4.72 Å². The number of anilines is 1. The van der Waals surface area contributed by atoms with E-state index in [-0.39, 0.29) is 33.0 Å². The Labute approximate surface area is 194 Å². The number of benzene rings is 3. The largest absolute Gasteiger partial charge is 0.507 e. The number of rotatable bonds is 5. The fourth-order valence-electron chi connectivity index (χ4n) is 2.56. The van der Waals surface area contributed by atoms with Crippen LogP contribution >= 0.6 is 0 Å². The van der Waals surface area contributed by atoms with Crippen LogP contribution in [0, 0.1) is 5.82 Å². The van der Waals surface area contributed by atoms with Gasteiger partial charge in [0, 0.05) is 11.6 Å². The lowest BCUT2D eigenvalue weighted by Crippen LogP contribution is -2.21. The molecule has 0 radical (unpaired) electrons. The minimum Gasteiger partial charge on any atom is -0.507 e. The zero-order chi connectivity index (χ0) is 26.6. The topological polar surface area (TPSA) is 161 Å². The van der Waals surface area contributed by atoms with Crippen LogP contribution in [0.25, 0.3) is 11.1 Å². The van der Waals surface area contributed by atoms with Crippen LogP contribution in [0.5, 0.6) is 11.5 Å². The van der Waals surface area contributed by atoms with Gasteiger partial charge in [0.25, 0.3) is 10.0 Å². The average Bonchev–Trinajstić information content (AvgIpc) is 2.75. The maximum atomic E-state index is 13.5. The number of halogens is 4. The minimum absolute atomic E-state index is 0.0403. The van der Waals surface area contributed by atoms with Crippen molar-refractivity contribution in [1.29, 1.82) is 0 Å². The summed E-state index contributed by atoms with van der Waals surface area (Å²) in [6, 6.07) is 12.1. The van der Waals surface area contributed by atoms with Crippen molar-refractivity contribution in [2.75, 3.05) is 4.72 Å². The number of phenolic OH excluding ortho intramolecular Hbond substituents is 1. The lowest BCUT2D eigenvalue weighted by Gasteiger charge is -2.11. The molecule has 0 saturated heterocycles. The van der Waals surface area contributed by atoms with Crippen molar-refractivity contribution >= 4 is 27.6 Å². The van der Waals surface area contributed by atoms with Gasteiger partial charge < -0.3 is 20.4 Å². The Kier molecular flexibility index (Phi) is 7.92. The van der Waals surface area contributed by atoms with Crippen LogP contribution in [0.4, 0.5) is 23.2 Å². The van der Waals surface area contributed by atoms with E-state index in [4.69, 9.17) is 15.0 Å². The summed E-state index contributed by atoms with van der Waals surface area (Å²) in [6.45, 7) is 0. The monoisotopic (exact) mass is 517 g/mol. The molecular formula is C21H15F4NO8S. The first-order valence-electron chi connectivity index (χ1n) is 9.10. The van der Waals surface area contributed by atoms with E-state index in [0.717, 1.165) is 30.3 Å². The van der Waals surface area contributed by atoms with E-state index < -0.39 is 39.7 Å². The number of aromatic hydroxyl groups is 2. The Hall–Kier alpha value is -4.33. The number of phenols is 2. The second kappa shape index (κ2) is 10.3. The molecule has 0 amide bonds. The summed E-state index contributed by atoms with van der Waals surface area (Å²) < 4.78 is 72.7. The van der Waals surface area contributed by atoms with E-state index in [0.29, 0.717) is 0 Å². The highest BCUT2D eigenvalue weighted by molar-refractivity contribution is 7.92. The molecule has 9 nitrogen and oxygen atoms in total. The van der Waals surface area contributed by atoms with Crippen LogP contribution in [0.15, 0.2) is 65.6 Å². The number of hydrogen-bond acceptors (Lipinski definition) is 6. The van der Waals surface area contributed by atoms with Gasteiger partial charge in [0.2, 0.25) is 0 Å². The summed E-state index contributed by atoms with van der Waals surface area (Å²) >= 11 is 0. The highest BCUT2D eigenvalue weighted by Gasteiger charge is 2.38. The molecule has 0 heterocycles. The molecule has 5 N–H and O–H groups in total. The van der Waals surface area contributed by atoms with Crippen molar-refractivity contribution in [3.63, 3.8) is 0 Å². The molecule has 3 aromatic rings. The zero-order valence-corrected chi connectivity index (χ0v) is 17.9. The molecule has 0 bridgehead atoms. The molecule has 14 heteroatoms. The number of carboxylic acid groups (broad SMARTS) is 2. The van der Waals surface area contributed by atoms with E-state index >= 15 is 0 Å². The maximum absolute atomic E-state index is 13.5. The predicted octanol–water partition coefficient (Wildman–Crippen LogP) is 4.04. The Morgan fingerprint density at radius 2 is 1.49 bits per heavy atom. The Morgan fingerprint density at radius 1 is 0.857 bits per heavy atom. The number of carbonyl (C=O) groups is 2. The second-order valence-corrected chi connectivity index (χ2v) is 8.32. The molecule has 0 spiro atoms. The Bertz CT molecular complexity index is 1370. The summed E-state index contributed by atoms with van der Waals surface area (Å²) in [5.41, 5.74) is -0.00233. The second-order valence-electron chi connectivity index (χ2n) is 6.63. The Morgan fingerprint density at radius 3 is 2.03 bits per heavy atom. The smallest absolute Gasteiger partial charge is 0.490 e. The van der Waals surface area contributed by atoms with Gasteiger partial charge in [-0.1, -0.05) is 12.1 Å². The molecule has 0 aliphatic heterocycles. The lowest BCUT2D eigenvalue weighted by molar-refractivity contribution is -0.192. The molecule has 0 saturated carbocycles. The molecule has 0 aliphatic carbocycles. The zero-order valence-electron chi connectivity index (χ0n) is 17.1. The standard InChI is InChI=1S/C19H14FNO6S.C2HF3O2/c20-12-4-7-17(22)16(9-12)11-2-1-3-14(8-11)28(26,27)21-13-5-6-15(19(24)25)18(23)10-13;3-2(4,5)1(6)7/h1-10,21-23H,(H,24,25);(H,6,7). The van der Waals surface area contributed by atoms with E-state index in [1.54, 1.807) is 0 Å². The first-order valence-corrected chi connectivity index (χ1v) is 10.6. The van der Waals surface area contributed by atoms with Gasteiger partial charge in [-0.25, -0.2) is 22.4 Å². The number of nitrogens with one attached hydrogen (secondary N) is 1. The summed E-state index contributed by atoms with van der Waals surface area (Å²) in [7, 11) is -4.10. The summed E-state index contributed by atoms with van der Waals surface area (Å²) in [4.78, 5) is 19.6. The third-order valence-electron chi connectivity index (χ3n) is 4.14. The van der Waals surface area contributed by atoms with Crippen molar-refractivity contribution in [1.82, 2.24) is 0 Å². The fraction of sp³-hybridized carbons (Fsp3) is 0.0476. The lowest BCUT2D eigenvalue weighted by atomic mass is 10.0. The molecular weight excluding hydrogens is 502 g/mol. The van der Waals surface area contributed by atoms with Crippen molar-refractivity contribution in [3.8, 4) is 22.6 Å². The van der Waals surface area contributed by atoms with Crippen LogP contribution < -0.4 is 4.72 Å². The van der Waals surface area contributed by atoms with Crippen molar-refractivity contribution in [2.24, 2.45) is 0 Å². The summed E-state index contributed by atoms with van der Waals surface area (Å²) in [5.74, 6) is -5.50. The van der Waals surface area contributed by atoms with Crippen LogP contribution in [0.3, 0.4) is 0 Å². The van der Waals surface area contributed by atoms with E-state index in [1.807, 2.05) is 0 Å². The number of hydrogen-bond donors (Lipinski definition) is 5. The first kappa shape index (κ1) is 26.9. The van der Waals surface area contributed by atoms with Gasteiger partial charge in [0.15, 0.2) is 0 Å². The number of aliphatic carboxylic acids is 1. The van der Waals surface area contributed by atoms with Gasteiger partial charge in [0.1, 0.15) is 22.9 Å². The molecule has 0 fully saturated rings. The number of alkyl halides is 3. The summed E-state index contributed by atoms with van der Waals surface area (Å²) in [6.07, 6.45) is -5.08. The van der Waals surface area contributed by atoms with Gasteiger partial charge >= 0.3 is 18.1 Å². The van der Waals surface area contributed by atoms with Crippen LogP contribution in [-0.2, 0) is 14.8 Å². The van der Waals surface area contributed by atoms with Gasteiger partial charge in [-0.15, -0.1) is 0 Å². The van der Waals surface area contributed by atoms with E-state index in [1.165, 1.54) is 30.3 Å². The van der Waals surface area contributed by atoms with Crippen LogP contribution in [-0.4, -0.2) is 47.0 Å². The van der Waals surface area contributed by atoms with Gasteiger partial charge in [0.05, 0.1) is 10.6 Å². The number of sulfonamides is 1. The first-order chi connectivity index (χ1) is 16.1. The summed E-state index contributed by atoms with van der Waals surface area (Å²) in [5, 5.41) is 35.6. The van der Waals surface area contributed by atoms with Gasteiger partial charge in [-0.05, 0) is 48.0 Å². The molecule has 0 unspecified atom stereocenters. The molecule has 186 valence electrons. The fourth-order valence-corrected chi connectivity index (χ4v) is 3.66. The SMILES string of the molecule is O=C(O)C(F)(F)F.O=C(O)c1ccc(NS(=O)(=O)c2cccc(-c3cc(F)ccc3O)c2)cc1O.